The highest BCUT2D eigenvalue weighted by Crippen LogP contribution is 2.12. The second-order valence-electron chi connectivity index (χ2n) is 3.48. The molecule has 1 aromatic heterocycles. The minimum atomic E-state index is 0.682. The average molecular weight is 266 g/mol. The molecule has 0 saturated heterocycles. The van der Waals surface area contributed by atoms with Gasteiger partial charge in [-0.1, -0.05) is 18.2 Å². The highest BCUT2D eigenvalue weighted by molar-refractivity contribution is 7.98. The summed E-state index contributed by atoms with van der Waals surface area (Å²) in [4.78, 5) is 6.03. The maximum atomic E-state index is 5.59. The lowest BCUT2D eigenvalue weighted by Crippen LogP contribution is -2.00. The van der Waals surface area contributed by atoms with Gasteiger partial charge in [-0.25, -0.2) is 0 Å². The minimum absolute atomic E-state index is 0.682. The number of H-pyrrole nitrogens is 2. The van der Waals surface area contributed by atoms with Crippen molar-refractivity contribution in [1.82, 2.24) is 9.97 Å². The first kappa shape index (κ1) is 12.3. The van der Waals surface area contributed by atoms with E-state index in [1.54, 1.807) is 0 Å². The summed E-state index contributed by atoms with van der Waals surface area (Å²) in [7, 11) is 0. The average Bonchev–Trinajstić information content (AvgIpc) is 2.76. The Labute approximate surface area is 110 Å². The standard InChI is InChI=1S/C12H14N2OS2/c16-12-13-8-10(14-12)9-17-7-6-15-11-4-2-1-3-5-11/h1-5,8H,6-7,9H2,(H2,13,14,16). The summed E-state index contributed by atoms with van der Waals surface area (Å²) < 4.78 is 6.27. The van der Waals surface area contributed by atoms with E-state index >= 15 is 0 Å². The smallest absolute Gasteiger partial charge is 0.174 e. The van der Waals surface area contributed by atoms with E-state index in [2.05, 4.69) is 9.97 Å². The molecule has 2 rings (SSSR count). The molecule has 1 aromatic carbocycles. The Morgan fingerprint density at radius 3 is 2.76 bits per heavy atom. The molecule has 0 spiro atoms. The number of aromatic amines is 2. The number of imidazole rings is 1. The van der Waals surface area contributed by atoms with Crippen LogP contribution in [0.15, 0.2) is 36.5 Å². The van der Waals surface area contributed by atoms with Crippen LogP contribution in [0.4, 0.5) is 0 Å². The third-order valence-corrected chi connectivity index (χ3v) is 3.34. The monoisotopic (exact) mass is 266 g/mol. The van der Waals surface area contributed by atoms with Crippen molar-refractivity contribution in [3.63, 3.8) is 0 Å². The van der Waals surface area contributed by atoms with Crippen LogP contribution in [0.3, 0.4) is 0 Å². The lowest BCUT2D eigenvalue weighted by Gasteiger charge is -2.04. The second kappa shape index (κ2) is 6.51. The molecular weight excluding hydrogens is 252 g/mol. The number of thioether (sulfide) groups is 1. The van der Waals surface area contributed by atoms with E-state index in [1.807, 2.05) is 48.3 Å². The molecule has 0 radical (unpaired) electrons. The largest absolute Gasteiger partial charge is 0.493 e. The van der Waals surface area contributed by atoms with E-state index in [-0.39, 0.29) is 0 Å². The first-order valence-electron chi connectivity index (χ1n) is 5.37. The lowest BCUT2D eigenvalue weighted by molar-refractivity contribution is 0.344. The van der Waals surface area contributed by atoms with Crippen LogP contribution in [0.2, 0.25) is 0 Å². The van der Waals surface area contributed by atoms with Crippen molar-refractivity contribution in [2.24, 2.45) is 0 Å². The van der Waals surface area contributed by atoms with Crippen LogP contribution in [0.5, 0.6) is 5.75 Å². The van der Waals surface area contributed by atoms with Gasteiger partial charge < -0.3 is 14.7 Å². The zero-order valence-corrected chi connectivity index (χ0v) is 10.9. The Morgan fingerprint density at radius 2 is 2.06 bits per heavy atom. The van der Waals surface area contributed by atoms with E-state index in [4.69, 9.17) is 17.0 Å². The van der Waals surface area contributed by atoms with Crippen molar-refractivity contribution in [3.05, 3.63) is 47.0 Å². The van der Waals surface area contributed by atoms with Gasteiger partial charge in [0.1, 0.15) is 5.75 Å². The zero-order valence-electron chi connectivity index (χ0n) is 9.31. The summed E-state index contributed by atoms with van der Waals surface area (Å²) >= 11 is 6.77. The number of aromatic nitrogens is 2. The van der Waals surface area contributed by atoms with Crippen molar-refractivity contribution in [1.29, 1.82) is 0 Å². The first-order valence-corrected chi connectivity index (χ1v) is 6.93. The highest BCUT2D eigenvalue weighted by Gasteiger charge is 1.96. The molecule has 0 amide bonds. The number of hydrogen-bond donors (Lipinski definition) is 2. The van der Waals surface area contributed by atoms with Crippen LogP contribution in [-0.2, 0) is 5.75 Å². The minimum Gasteiger partial charge on any atom is -0.493 e. The van der Waals surface area contributed by atoms with Crippen LogP contribution in [0.25, 0.3) is 0 Å². The summed E-state index contributed by atoms with van der Waals surface area (Å²) in [5, 5.41) is 0. The van der Waals surface area contributed by atoms with Gasteiger partial charge in [-0.3, -0.25) is 0 Å². The van der Waals surface area contributed by atoms with Crippen LogP contribution < -0.4 is 4.74 Å². The van der Waals surface area contributed by atoms with E-state index in [0.717, 1.165) is 29.6 Å². The molecule has 0 fully saturated rings. The molecule has 0 aliphatic rings. The van der Waals surface area contributed by atoms with Gasteiger partial charge in [-0.05, 0) is 24.4 Å². The number of para-hydroxylation sites is 1. The number of rotatable bonds is 6. The molecule has 0 bridgehead atoms. The van der Waals surface area contributed by atoms with Crippen molar-refractivity contribution in [2.45, 2.75) is 5.75 Å². The van der Waals surface area contributed by atoms with Gasteiger partial charge in [-0.15, -0.1) is 0 Å². The Hall–Kier alpha value is -1.20. The van der Waals surface area contributed by atoms with Crippen LogP contribution in [0.1, 0.15) is 5.69 Å². The summed E-state index contributed by atoms with van der Waals surface area (Å²) in [5.74, 6) is 2.81. The Bertz CT molecular complexity index is 492. The molecule has 90 valence electrons. The number of ether oxygens (including phenoxy) is 1. The summed E-state index contributed by atoms with van der Waals surface area (Å²) in [6.07, 6.45) is 1.91. The van der Waals surface area contributed by atoms with Crippen LogP contribution in [-0.4, -0.2) is 22.3 Å². The maximum Gasteiger partial charge on any atom is 0.174 e. The molecule has 17 heavy (non-hydrogen) atoms. The second-order valence-corrected chi connectivity index (χ2v) is 5.00. The molecule has 3 nitrogen and oxygen atoms in total. The van der Waals surface area contributed by atoms with Gasteiger partial charge in [0.15, 0.2) is 4.77 Å². The molecular formula is C12H14N2OS2. The van der Waals surface area contributed by atoms with Gasteiger partial charge in [-0.2, -0.15) is 11.8 Å². The third-order valence-electron chi connectivity index (χ3n) is 2.15. The highest BCUT2D eigenvalue weighted by atomic mass is 32.2. The van der Waals surface area contributed by atoms with E-state index in [9.17, 15) is 0 Å². The predicted molar refractivity (Wildman–Crippen MR) is 74.1 cm³/mol. The van der Waals surface area contributed by atoms with Gasteiger partial charge in [0, 0.05) is 23.4 Å². The number of nitrogens with one attached hydrogen (secondary N) is 2. The Kier molecular flexibility index (Phi) is 4.70. The normalized spacial score (nSPS) is 10.4. The van der Waals surface area contributed by atoms with Gasteiger partial charge in [0.2, 0.25) is 0 Å². The molecule has 5 heteroatoms. The fourth-order valence-electron chi connectivity index (χ4n) is 1.37. The molecule has 0 saturated carbocycles. The molecule has 0 atom stereocenters. The molecule has 2 aromatic rings. The summed E-state index contributed by atoms with van der Waals surface area (Å²) in [6, 6.07) is 9.86. The molecule has 0 aliphatic carbocycles. The lowest BCUT2D eigenvalue weighted by atomic mass is 10.3. The number of benzene rings is 1. The summed E-state index contributed by atoms with van der Waals surface area (Å²) in [6.45, 7) is 0.722. The quantitative estimate of drug-likeness (QED) is 0.622. The van der Waals surface area contributed by atoms with Crippen molar-refractivity contribution >= 4 is 24.0 Å². The maximum absolute atomic E-state index is 5.59. The Balaban J connectivity index is 1.62. The van der Waals surface area contributed by atoms with Gasteiger partial charge in [0.25, 0.3) is 0 Å². The fraction of sp³-hybridized carbons (Fsp3) is 0.250. The predicted octanol–water partition coefficient (Wildman–Crippen LogP) is 3.38. The SMILES string of the molecule is S=c1[nH]cc(CSCCOc2ccccc2)[nH]1. The zero-order chi connectivity index (χ0) is 11.9. The van der Waals surface area contributed by atoms with Crippen molar-refractivity contribution in [2.75, 3.05) is 12.4 Å². The molecule has 2 N–H and O–H groups in total. The van der Waals surface area contributed by atoms with Crippen molar-refractivity contribution in [3.8, 4) is 5.75 Å². The molecule has 0 unspecified atom stereocenters. The fourth-order valence-corrected chi connectivity index (χ4v) is 2.28. The van der Waals surface area contributed by atoms with Crippen LogP contribution >= 0.6 is 24.0 Å². The first-order chi connectivity index (χ1) is 8.34. The van der Waals surface area contributed by atoms with Crippen LogP contribution in [0, 0.1) is 4.77 Å². The Morgan fingerprint density at radius 1 is 1.24 bits per heavy atom. The summed E-state index contributed by atoms with van der Waals surface area (Å²) in [5.41, 5.74) is 1.12. The third kappa shape index (κ3) is 4.28. The molecule has 0 aliphatic heterocycles. The van der Waals surface area contributed by atoms with E-state index < -0.39 is 0 Å². The van der Waals surface area contributed by atoms with Gasteiger partial charge in [0.05, 0.1) is 6.61 Å². The van der Waals surface area contributed by atoms with Gasteiger partial charge >= 0.3 is 0 Å². The van der Waals surface area contributed by atoms with E-state index in [1.165, 1.54) is 0 Å². The molecule has 1 heterocycles. The van der Waals surface area contributed by atoms with E-state index in [0.29, 0.717) is 4.77 Å². The number of hydrogen-bond acceptors (Lipinski definition) is 3. The topological polar surface area (TPSA) is 40.8 Å². The van der Waals surface area contributed by atoms with Crippen molar-refractivity contribution < 1.29 is 4.74 Å².